The van der Waals surface area contributed by atoms with Crippen molar-refractivity contribution in [2.75, 3.05) is 0 Å². The number of rotatable bonds is 4. The van der Waals surface area contributed by atoms with Gasteiger partial charge in [0.25, 0.3) is 0 Å². The van der Waals surface area contributed by atoms with E-state index in [0.717, 1.165) is 24.1 Å². The first-order valence-corrected chi connectivity index (χ1v) is 7.96. The van der Waals surface area contributed by atoms with Gasteiger partial charge in [0.05, 0.1) is 15.8 Å². The Morgan fingerprint density at radius 2 is 1.89 bits per heavy atom. The molecule has 0 fully saturated rings. The van der Waals surface area contributed by atoms with E-state index >= 15 is 0 Å². The highest BCUT2D eigenvalue weighted by molar-refractivity contribution is 7.91. The van der Waals surface area contributed by atoms with Gasteiger partial charge in [0, 0.05) is 0 Å². The molecular weight excluding hydrogens is 301 g/mol. The third-order valence-corrected chi connectivity index (χ3v) is 4.79. The van der Waals surface area contributed by atoms with Gasteiger partial charge in [-0.15, -0.1) is 0 Å². The number of hydrogen-bond donors (Lipinski definition) is 0. The predicted octanol–water partition coefficient (Wildman–Crippen LogP) is 4.85. The van der Waals surface area contributed by atoms with Gasteiger partial charge < -0.3 is 4.55 Å². The molecule has 1 aromatic rings. The minimum atomic E-state index is -1.19. The molecule has 19 heavy (non-hydrogen) atoms. The molecule has 0 amide bonds. The minimum Gasteiger partial charge on any atom is -0.591 e. The molecule has 0 aliphatic rings. The van der Waals surface area contributed by atoms with Crippen LogP contribution < -0.4 is 0 Å². The Balaban J connectivity index is 2.61. The molecule has 0 heterocycles. The topological polar surface area (TPSA) is 35.4 Å². The molecule has 0 unspecified atom stereocenters. The molecule has 0 aliphatic carbocycles. The van der Waals surface area contributed by atoms with E-state index in [9.17, 15) is 4.55 Å². The number of hydrogen-bond acceptors (Lipinski definition) is 2. The Morgan fingerprint density at radius 3 is 2.42 bits per heavy atom. The van der Waals surface area contributed by atoms with Crippen molar-refractivity contribution < 1.29 is 4.55 Å². The van der Waals surface area contributed by atoms with Crippen LogP contribution in [0.5, 0.6) is 0 Å². The van der Waals surface area contributed by atoms with E-state index in [1.807, 2.05) is 39.8 Å². The van der Waals surface area contributed by atoms with Crippen LogP contribution in [0.25, 0.3) is 0 Å². The van der Waals surface area contributed by atoms with Crippen molar-refractivity contribution in [2.45, 2.75) is 45.3 Å². The maximum atomic E-state index is 11.9. The van der Waals surface area contributed by atoms with E-state index in [2.05, 4.69) is 4.40 Å². The third kappa shape index (κ3) is 5.74. The van der Waals surface area contributed by atoms with E-state index in [4.69, 9.17) is 23.2 Å². The monoisotopic (exact) mass is 319 g/mol. The van der Waals surface area contributed by atoms with Crippen LogP contribution in [0, 0.1) is 0 Å². The number of aryl methyl sites for hydroxylation is 1. The third-order valence-electron chi connectivity index (χ3n) is 2.52. The van der Waals surface area contributed by atoms with Crippen LogP contribution in [0.2, 0.25) is 10.0 Å². The van der Waals surface area contributed by atoms with Gasteiger partial charge in [0.2, 0.25) is 0 Å². The SMILES string of the molecule is C/C(CCc1ccc(Cl)c(Cl)c1)=N\[S@+]([O-])C(C)(C)C. The van der Waals surface area contributed by atoms with Gasteiger partial charge in [0.15, 0.2) is 0 Å². The number of benzene rings is 1. The summed E-state index contributed by atoms with van der Waals surface area (Å²) < 4.78 is 15.8. The fourth-order valence-corrected chi connectivity index (χ4v) is 2.31. The van der Waals surface area contributed by atoms with Crippen LogP contribution in [0.1, 0.15) is 39.7 Å². The normalized spacial score (nSPS) is 14.6. The second-order valence-corrected chi connectivity index (χ2v) is 8.16. The fraction of sp³-hybridized carbons (Fsp3) is 0.500. The van der Waals surface area contributed by atoms with Crippen molar-refractivity contribution in [3.05, 3.63) is 33.8 Å². The largest absolute Gasteiger partial charge is 0.591 e. The molecule has 0 aliphatic heterocycles. The lowest BCUT2D eigenvalue weighted by Crippen LogP contribution is -2.26. The molecule has 0 radical (unpaired) electrons. The van der Waals surface area contributed by atoms with E-state index in [0.29, 0.717) is 10.0 Å². The summed E-state index contributed by atoms with van der Waals surface area (Å²) in [5.41, 5.74) is 1.99. The van der Waals surface area contributed by atoms with Gasteiger partial charge in [-0.1, -0.05) is 33.7 Å². The Hall–Kier alpha value is -0.220. The smallest absolute Gasteiger partial charge is 0.144 e. The first-order chi connectivity index (χ1) is 8.70. The Bertz CT molecular complexity index is 469. The predicted molar refractivity (Wildman–Crippen MR) is 85.8 cm³/mol. The van der Waals surface area contributed by atoms with Gasteiger partial charge in [-0.05, 0) is 58.2 Å². The molecule has 0 saturated heterocycles. The van der Waals surface area contributed by atoms with Gasteiger partial charge >= 0.3 is 0 Å². The molecule has 0 spiro atoms. The Morgan fingerprint density at radius 1 is 1.26 bits per heavy atom. The molecule has 0 bridgehead atoms. The molecule has 5 heteroatoms. The van der Waals surface area contributed by atoms with Crippen molar-refractivity contribution in [1.29, 1.82) is 0 Å². The summed E-state index contributed by atoms with van der Waals surface area (Å²) >= 11 is 10.6. The van der Waals surface area contributed by atoms with E-state index in [-0.39, 0.29) is 4.75 Å². The fourth-order valence-electron chi connectivity index (χ4n) is 1.34. The lowest BCUT2D eigenvalue weighted by molar-refractivity contribution is 0.561. The molecular formula is C14H19Cl2NOS. The molecule has 1 atom stereocenters. The average molecular weight is 320 g/mol. The molecule has 0 saturated carbocycles. The molecule has 1 aromatic carbocycles. The zero-order valence-electron chi connectivity index (χ0n) is 11.7. The second kappa shape index (κ2) is 6.98. The van der Waals surface area contributed by atoms with Crippen molar-refractivity contribution >= 4 is 40.3 Å². The maximum Gasteiger partial charge on any atom is 0.144 e. The molecule has 106 valence electrons. The molecule has 2 nitrogen and oxygen atoms in total. The lowest BCUT2D eigenvalue weighted by atomic mass is 10.1. The maximum absolute atomic E-state index is 11.9. The quantitative estimate of drug-likeness (QED) is 0.577. The minimum absolute atomic E-state index is 0.315. The zero-order chi connectivity index (χ0) is 14.6. The van der Waals surface area contributed by atoms with Gasteiger partial charge in [-0.3, -0.25) is 0 Å². The van der Waals surface area contributed by atoms with Gasteiger partial charge in [-0.25, -0.2) is 0 Å². The first-order valence-electron chi connectivity index (χ1n) is 6.10. The molecule has 0 N–H and O–H groups in total. The van der Waals surface area contributed by atoms with E-state index in [1.165, 1.54) is 0 Å². The Kier molecular flexibility index (Phi) is 6.18. The Labute approximate surface area is 128 Å². The summed E-state index contributed by atoms with van der Waals surface area (Å²) in [6.45, 7) is 7.65. The van der Waals surface area contributed by atoms with Gasteiger partial charge in [0.1, 0.15) is 16.1 Å². The second-order valence-electron chi connectivity index (χ2n) is 5.44. The van der Waals surface area contributed by atoms with E-state index in [1.54, 1.807) is 6.07 Å². The highest BCUT2D eigenvalue weighted by Crippen LogP contribution is 2.23. The highest BCUT2D eigenvalue weighted by atomic mass is 35.5. The van der Waals surface area contributed by atoms with E-state index < -0.39 is 11.4 Å². The number of halogens is 2. The molecule has 1 rings (SSSR count). The van der Waals surface area contributed by atoms with Crippen molar-refractivity contribution in [3.8, 4) is 0 Å². The van der Waals surface area contributed by atoms with Crippen LogP contribution >= 0.6 is 23.2 Å². The summed E-state index contributed by atoms with van der Waals surface area (Å²) in [6, 6.07) is 5.60. The zero-order valence-corrected chi connectivity index (χ0v) is 14.0. The summed E-state index contributed by atoms with van der Waals surface area (Å²) in [7, 11) is 0. The lowest BCUT2D eigenvalue weighted by Gasteiger charge is -2.18. The standard InChI is InChI=1S/C14H19Cl2NOS/c1-10(17-19(18)14(2,3)4)5-6-11-7-8-12(15)13(16)9-11/h7-9H,5-6H2,1-4H3/b17-10+/t19-/m1/s1. The highest BCUT2D eigenvalue weighted by Gasteiger charge is 2.26. The summed E-state index contributed by atoms with van der Waals surface area (Å²) in [5.74, 6) is 0. The van der Waals surface area contributed by atoms with Crippen LogP contribution in [0.3, 0.4) is 0 Å². The van der Waals surface area contributed by atoms with Crippen molar-refractivity contribution in [1.82, 2.24) is 0 Å². The molecule has 0 aromatic heterocycles. The van der Waals surface area contributed by atoms with Crippen molar-refractivity contribution in [3.63, 3.8) is 0 Å². The van der Waals surface area contributed by atoms with Crippen molar-refractivity contribution in [2.24, 2.45) is 4.40 Å². The van der Waals surface area contributed by atoms with Crippen LogP contribution in [-0.2, 0) is 17.8 Å². The van der Waals surface area contributed by atoms with Crippen LogP contribution in [0.4, 0.5) is 0 Å². The summed E-state index contributed by atoms with van der Waals surface area (Å²) in [6.07, 6.45) is 1.58. The first kappa shape index (κ1) is 16.8. The summed E-state index contributed by atoms with van der Waals surface area (Å²) in [5, 5.41) is 1.12. The van der Waals surface area contributed by atoms with Crippen LogP contribution in [0.15, 0.2) is 22.6 Å². The van der Waals surface area contributed by atoms with Crippen LogP contribution in [-0.4, -0.2) is 15.0 Å². The average Bonchev–Trinajstić information content (AvgIpc) is 2.29. The number of nitrogens with zero attached hydrogens (tertiary/aromatic N) is 1. The summed E-state index contributed by atoms with van der Waals surface area (Å²) in [4.78, 5) is 0. The van der Waals surface area contributed by atoms with Gasteiger partial charge in [-0.2, -0.15) is 0 Å².